The molecule has 1 heterocycles. The summed E-state index contributed by atoms with van der Waals surface area (Å²) < 4.78 is 4.91. The number of halogens is 1. The molecule has 3 N–H and O–H groups in total. The van der Waals surface area contributed by atoms with Crippen LogP contribution in [0.15, 0.2) is 28.8 Å². The van der Waals surface area contributed by atoms with Crippen LogP contribution in [0.5, 0.6) is 0 Å². The highest BCUT2D eigenvalue weighted by molar-refractivity contribution is 6.34. The average Bonchev–Trinajstić information content (AvgIpc) is 2.70. The Kier molecular flexibility index (Phi) is 3.01. The minimum Gasteiger partial charge on any atom is -0.418 e. The van der Waals surface area contributed by atoms with Gasteiger partial charge in [0.1, 0.15) is 0 Å². The van der Waals surface area contributed by atoms with Crippen molar-refractivity contribution in [3.63, 3.8) is 0 Å². The Morgan fingerprint density at radius 3 is 2.88 bits per heavy atom. The van der Waals surface area contributed by atoms with Crippen LogP contribution in [0.2, 0.25) is 5.02 Å². The maximum absolute atomic E-state index is 11.8. The number of aromatic nitrogens is 1. The number of para-hydroxylation sites is 1. The average molecular weight is 252 g/mol. The number of benzene rings is 1. The summed E-state index contributed by atoms with van der Waals surface area (Å²) >= 11 is 5.98. The summed E-state index contributed by atoms with van der Waals surface area (Å²) in [7, 11) is 0. The normalized spacial score (nSPS) is 10.2. The minimum absolute atomic E-state index is 0.0434. The first kappa shape index (κ1) is 11.5. The highest BCUT2D eigenvalue weighted by Gasteiger charge is 2.14. The summed E-state index contributed by atoms with van der Waals surface area (Å²) in [6.45, 7) is 1.84. The maximum Gasteiger partial charge on any atom is 0.293 e. The van der Waals surface area contributed by atoms with E-state index in [0.717, 1.165) is 5.56 Å². The van der Waals surface area contributed by atoms with Crippen molar-refractivity contribution in [1.29, 1.82) is 0 Å². The maximum atomic E-state index is 11.8. The van der Waals surface area contributed by atoms with E-state index >= 15 is 0 Å². The van der Waals surface area contributed by atoms with Crippen LogP contribution >= 0.6 is 11.6 Å². The number of anilines is 2. The molecule has 0 aliphatic rings. The number of rotatable bonds is 2. The number of nitrogens with two attached hydrogens (primary N) is 1. The topological polar surface area (TPSA) is 81.2 Å². The van der Waals surface area contributed by atoms with Gasteiger partial charge in [0.05, 0.1) is 16.9 Å². The van der Waals surface area contributed by atoms with Crippen molar-refractivity contribution >= 4 is 29.2 Å². The van der Waals surface area contributed by atoms with Crippen LogP contribution in [-0.2, 0) is 0 Å². The van der Waals surface area contributed by atoms with Crippen molar-refractivity contribution in [3.8, 4) is 0 Å². The Morgan fingerprint density at radius 2 is 2.29 bits per heavy atom. The van der Waals surface area contributed by atoms with E-state index in [-0.39, 0.29) is 11.8 Å². The summed E-state index contributed by atoms with van der Waals surface area (Å²) in [6, 6.07) is 5.29. The Labute approximate surface area is 103 Å². The van der Waals surface area contributed by atoms with Gasteiger partial charge in [-0.2, -0.15) is 0 Å². The van der Waals surface area contributed by atoms with Crippen LogP contribution in [0.25, 0.3) is 0 Å². The fourth-order valence-corrected chi connectivity index (χ4v) is 1.63. The summed E-state index contributed by atoms with van der Waals surface area (Å²) in [5.41, 5.74) is 6.70. The van der Waals surface area contributed by atoms with E-state index in [2.05, 4.69) is 10.3 Å². The van der Waals surface area contributed by atoms with Gasteiger partial charge in [-0.15, -0.1) is 0 Å². The molecule has 0 aliphatic heterocycles. The third-order valence-corrected chi connectivity index (χ3v) is 2.52. The number of amides is 1. The number of aryl methyl sites for hydroxylation is 1. The van der Waals surface area contributed by atoms with Crippen LogP contribution in [0.1, 0.15) is 16.1 Å². The van der Waals surface area contributed by atoms with E-state index in [1.807, 2.05) is 13.0 Å². The molecule has 1 aromatic carbocycles. The van der Waals surface area contributed by atoms with Crippen molar-refractivity contribution in [2.24, 2.45) is 0 Å². The van der Waals surface area contributed by atoms with E-state index in [1.54, 1.807) is 12.1 Å². The lowest BCUT2D eigenvalue weighted by Gasteiger charge is -2.08. The molecular weight excluding hydrogens is 242 g/mol. The number of carbonyl (C=O) groups is 1. The predicted octanol–water partition coefficient (Wildman–Crippen LogP) is 2.47. The fourth-order valence-electron chi connectivity index (χ4n) is 1.36. The van der Waals surface area contributed by atoms with Crippen LogP contribution in [-0.4, -0.2) is 10.9 Å². The SMILES string of the molecule is Cc1cccc(Cl)c1NC(=O)c1cnc(N)o1. The molecule has 0 atom stereocenters. The molecule has 0 aliphatic carbocycles. The van der Waals surface area contributed by atoms with Crippen molar-refractivity contribution in [3.05, 3.63) is 40.7 Å². The van der Waals surface area contributed by atoms with Gasteiger partial charge in [0.15, 0.2) is 0 Å². The molecule has 0 unspecified atom stereocenters. The number of nitrogen functional groups attached to an aromatic ring is 1. The number of hydrogen-bond acceptors (Lipinski definition) is 4. The lowest BCUT2D eigenvalue weighted by molar-refractivity contribution is 0.0997. The highest BCUT2D eigenvalue weighted by Crippen LogP contribution is 2.25. The van der Waals surface area contributed by atoms with Crippen LogP contribution in [0, 0.1) is 6.92 Å². The third kappa shape index (κ3) is 2.39. The van der Waals surface area contributed by atoms with Gasteiger partial charge < -0.3 is 15.5 Å². The monoisotopic (exact) mass is 251 g/mol. The van der Waals surface area contributed by atoms with Gasteiger partial charge in [-0.25, -0.2) is 4.98 Å². The number of nitrogens with zero attached hydrogens (tertiary/aromatic N) is 1. The first-order valence-electron chi connectivity index (χ1n) is 4.85. The minimum atomic E-state index is -0.439. The molecule has 88 valence electrons. The molecule has 0 fully saturated rings. The quantitative estimate of drug-likeness (QED) is 0.859. The summed E-state index contributed by atoms with van der Waals surface area (Å²) in [4.78, 5) is 15.4. The molecule has 0 bridgehead atoms. The van der Waals surface area contributed by atoms with Crippen LogP contribution in [0.3, 0.4) is 0 Å². The molecule has 5 nitrogen and oxygen atoms in total. The number of oxazole rings is 1. The molecule has 6 heteroatoms. The van der Waals surface area contributed by atoms with E-state index in [0.29, 0.717) is 10.7 Å². The zero-order valence-electron chi connectivity index (χ0n) is 9.03. The van der Waals surface area contributed by atoms with Crippen molar-refractivity contribution in [2.45, 2.75) is 6.92 Å². The van der Waals surface area contributed by atoms with Gasteiger partial charge in [-0.1, -0.05) is 23.7 Å². The zero-order chi connectivity index (χ0) is 12.4. The molecule has 2 aromatic rings. The Balaban J connectivity index is 2.24. The van der Waals surface area contributed by atoms with Crippen molar-refractivity contribution in [2.75, 3.05) is 11.1 Å². The zero-order valence-corrected chi connectivity index (χ0v) is 9.78. The largest absolute Gasteiger partial charge is 0.418 e. The predicted molar refractivity (Wildman–Crippen MR) is 65.1 cm³/mol. The second kappa shape index (κ2) is 4.47. The Hall–Kier alpha value is -2.01. The fraction of sp³-hybridized carbons (Fsp3) is 0.0909. The molecule has 2 rings (SSSR count). The second-order valence-electron chi connectivity index (χ2n) is 3.45. The van der Waals surface area contributed by atoms with Crippen LogP contribution in [0.4, 0.5) is 11.7 Å². The van der Waals surface area contributed by atoms with E-state index in [4.69, 9.17) is 21.8 Å². The first-order chi connectivity index (χ1) is 8.08. The smallest absolute Gasteiger partial charge is 0.293 e. The van der Waals surface area contributed by atoms with E-state index < -0.39 is 5.91 Å². The lowest BCUT2D eigenvalue weighted by atomic mass is 10.2. The number of nitrogens with one attached hydrogen (secondary N) is 1. The molecule has 1 amide bonds. The van der Waals surface area contributed by atoms with Gasteiger partial charge >= 0.3 is 0 Å². The van der Waals surface area contributed by atoms with Crippen molar-refractivity contribution < 1.29 is 9.21 Å². The van der Waals surface area contributed by atoms with Gasteiger partial charge in [0.2, 0.25) is 5.76 Å². The standard InChI is InChI=1S/C11H10ClN3O2/c1-6-3-2-4-7(12)9(6)15-10(16)8-5-14-11(13)17-8/h2-5H,1H3,(H2,13,14)(H,15,16). The Morgan fingerprint density at radius 1 is 1.53 bits per heavy atom. The lowest BCUT2D eigenvalue weighted by Crippen LogP contribution is -2.12. The Bertz CT molecular complexity index is 545. The van der Waals surface area contributed by atoms with E-state index in [1.165, 1.54) is 6.20 Å². The van der Waals surface area contributed by atoms with Crippen molar-refractivity contribution in [1.82, 2.24) is 4.98 Å². The summed E-state index contributed by atoms with van der Waals surface area (Å²) in [5, 5.41) is 3.11. The molecule has 0 spiro atoms. The molecule has 0 saturated carbocycles. The highest BCUT2D eigenvalue weighted by atomic mass is 35.5. The van der Waals surface area contributed by atoms with Gasteiger partial charge in [-0.3, -0.25) is 4.79 Å². The van der Waals surface area contributed by atoms with Crippen LogP contribution < -0.4 is 11.1 Å². The molecule has 0 saturated heterocycles. The van der Waals surface area contributed by atoms with Gasteiger partial charge in [0, 0.05) is 0 Å². The summed E-state index contributed by atoms with van der Waals surface area (Å²) in [6.07, 6.45) is 1.26. The molecule has 1 aromatic heterocycles. The van der Waals surface area contributed by atoms with E-state index in [9.17, 15) is 4.79 Å². The number of hydrogen-bond donors (Lipinski definition) is 2. The summed E-state index contributed by atoms with van der Waals surface area (Å²) in [5.74, 6) is -0.396. The third-order valence-electron chi connectivity index (χ3n) is 2.21. The number of carbonyl (C=O) groups excluding carboxylic acids is 1. The second-order valence-corrected chi connectivity index (χ2v) is 3.86. The molecule has 0 radical (unpaired) electrons. The van der Waals surface area contributed by atoms with Gasteiger partial charge in [-0.05, 0) is 18.6 Å². The molecular formula is C11H10ClN3O2. The van der Waals surface area contributed by atoms with Gasteiger partial charge in [0.25, 0.3) is 11.9 Å². The molecule has 17 heavy (non-hydrogen) atoms. The first-order valence-corrected chi connectivity index (χ1v) is 5.23.